The zero-order valence-corrected chi connectivity index (χ0v) is 12.8. The number of ether oxygens (including phenoxy) is 1. The van der Waals surface area contributed by atoms with Crippen LogP contribution < -0.4 is 0 Å². The lowest BCUT2D eigenvalue weighted by Gasteiger charge is -2.27. The molecule has 0 aromatic heterocycles. The molecule has 0 amide bonds. The summed E-state index contributed by atoms with van der Waals surface area (Å²) in [6.45, 7) is 11.3. The lowest BCUT2D eigenvalue weighted by molar-refractivity contribution is 0.0789. The van der Waals surface area contributed by atoms with Crippen LogP contribution in [0.5, 0.6) is 0 Å². The van der Waals surface area contributed by atoms with Crippen molar-refractivity contribution in [1.82, 2.24) is 0 Å². The van der Waals surface area contributed by atoms with Gasteiger partial charge in [-0.3, -0.25) is 0 Å². The lowest BCUT2D eigenvalue weighted by Crippen LogP contribution is -2.18. The smallest absolute Gasteiger partial charge is 0.0995 e. The topological polar surface area (TPSA) is 9.23 Å². The van der Waals surface area contributed by atoms with E-state index in [1.54, 1.807) is 5.57 Å². The maximum Gasteiger partial charge on any atom is 0.0995 e. The zero-order valence-electron chi connectivity index (χ0n) is 12.8. The van der Waals surface area contributed by atoms with Crippen LogP contribution >= 0.6 is 0 Å². The summed E-state index contributed by atoms with van der Waals surface area (Å²) < 4.78 is 6.23. The second-order valence-electron chi connectivity index (χ2n) is 5.89. The third-order valence-electron chi connectivity index (χ3n) is 3.75. The van der Waals surface area contributed by atoms with E-state index >= 15 is 0 Å². The molecule has 0 aliphatic heterocycles. The van der Waals surface area contributed by atoms with E-state index in [4.69, 9.17) is 4.74 Å². The van der Waals surface area contributed by atoms with Crippen molar-refractivity contribution in [2.45, 2.75) is 72.8 Å². The van der Waals surface area contributed by atoms with Gasteiger partial charge in [-0.1, -0.05) is 59.1 Å². The minimum Gasteiger partial charge on any atom is -0.494 e. The third kappa shape index (κ3) is 4.51. The normalized spacial score (nSPS) is 20.1. The molecular formula is C17H30O. The first kappa shape index (κ1) is 15.3. The Hall–Kier alpha value is -0.720. The molecule has 0 bridgehead atoms. The van der Waals surface area contributed by atoms with Crippen molar-refractivity contribution in [3.63, 3.8) is 0 Å². The second-order valence-corrected chi connectivity index (χ2v) is 5.89. The van der Waals surface area contributed by atoms with Gasteiger partial charge in [-0.2, -0.15) is 0 Å². The van der Waals surface area contributed by atoms with Crippen molar-refractivity contribution in [3.05, 3.63) is 23.5 Å². The molecule has 1 heteroatoms. The van der Waals surface area contributed by atoms with Crippen LogP contribution in [0.4, 0.5) is 0 Å². The predicted molar refractivity (Wildman–Crippen MR) is 79.5 cm³/mol. The Morgan fingerprint density at radius 1 is 1.17 bits per heavy atom. The number of allylic oxidation sites excluding steroid dienone is 4. The fourth-order valence-corrected chi connectivity index (χ4v) is 2.56. The van der Waals surface area contributed by atoms with E-state index in [1.807, 2.05) is 0 Å². The Morgan fingerprint density at radius 2 is 1.78 bits per heavy atom. The Kier molecular flexibility index (Phi) is 6.52. The van der Waals surface area contributed by atoms with Crippen molar-refractivity contribution >= 4 is 0 Å². The summed E-state index contributed by atoms with van der Waals surface area (Å²) in [7, 11) is 0. The minimum absolute atomic E-state index is 0.419. The van der Waals surface area contributed by atoms with E-state index in [2.05, 4.69) is 46.8 Å². The standard InChI is InChI=1S/C17H30O/c1-6-8-16(9-7-2)18-17-11-10-15(13(3)4)12-14(17)5/h10-11,13-14,16H,6-9,12H2,1-5H3/t14-/m0/s1. The molecule has 0 radical (unpaired) electrons. The molecule has 0 spiro atoms. The van der Waals surface area contributed by atoms with E-state index in [-0.39, 0.29) is 0 Å². The van der Waals surface area contributed by atoms with Crippen LogP contribution in [0.15, 0.2) is 23.5 Å². The first-order chi connectivity index (χ1) is 8.58. The van der Waals surface area contributed by atoms with Gasteiger partial charge in [0.25, 0.3) is 0 Å². The lowest BCUT2D eigenvalue weighted by atomic mass is 9.88. The highest BCUT2D eigenvalue weighted by atomic mass is 16.5. The molecule has 0 aromatic carbocycles. The molecule has 0 heterocycles. The zero-order chi connectivity index (χ0) is 13.5. The van der Waals surface area contributed by atoms with Crippen molar-refractivity contribution in [2.75, 3.05) is 0 Å². The molecule has 1 nitrogen and oxygen atoms in total. The summed E-state index contributed by atoms with van der Waals surface area (Å²) in [5.74, 6) is 2.40. The van der Waals surface area contributed by atoms with Crippen LogP contribution in [0.2, 0.25) is 0 Å². The van der Waals surface area contributed by atoms with Gasteiger partial charge < -0.3 is 4.74 Å². The molecule has 104 valence electrons. The summed E-state index contributed by atoms with van der Waals surface area (Å²) in [5.41, 5.74) is 1.55. The van der Waals surface area contributed by atoms with Crippen molar-refractivity contribution in [3.8, 4) is 0 Å². The molecule has 0 aromatic rings. The van der Waals surface area contributed by atoms with E-state index < -0.39 is 0 Å². The molecule has 0 fully saturated rings. The van der Waals surface area contributed by atoms with Crippen LogP contribution in [-0.4, -0.2) is 6.10 Å². The van der Waals surface area contributed by atoms with Gasteiger partial charge in [0.15, 0.2) is 0 Å². The number of rotatable bonds is 7. The van der Waals surface area contributed by atoms with Crippen LogP contribution in [0, 0.1) is 11.8 Å². The van der Waals surface area contributed by atoms with Crippen LogP contribution in [0.3, 0.4) is 0 Å². The molecule has 18 heavy (non-hydrogen) atoms. The highest BCUT2D eigenvalue weighted by Gasteiger charge is 2.20. The SMILES string of the molecule is CCCC(CCC)OC1=CC=C(C(C)C)C[C@@H]1C. The maximum atomic E-state index is 6.23. The van der Waals surface area contributed by atoms with Crippen molar-refractivity contribution in [1.29, 1.82) is 0 Å². The number of hydrogen-bond donors (Lipinski definition) is 0. The van der Waals surface area contributed by atoms with Crippen LogP contribution in [0.25, 0.3) is 0 Å². The molecular weight excluding hydrogens is 220 g/mol. The summed E-state index contributed by atoms with van der Waals surface area (Å²) in [5, 5.41) is 0. The van der Waals surface area contributed by atoms with E-state index in [0.717, 1.165) is 6.42 Å². The van der Waals surface area contributed by atoms with Crippen molar-refractivity contribution < 1.29 is 4.74 Å². The average molecular weight is 250 g/mol. The van der Waals surface area contributed by atoms with Gasteiger partial charge >= 0.3 is 0 Å². The Bertz CT molecular complexity index is 293. The largest absolute Gasteiger partial charge is 0.494 e. The Morgan fingerprint density at radius 3 is 2.22 bits per heavy atom. The first-order valence-electron chi connectivity index (χ1n) is 7.65. The number of hydrogen-bond acceptors (Lipinski definition) is 1. The molecule has 1 rings (SSSR count). The second kappa shape index (κ2) is 7.66. The molecule has 1 aliphatic carbocycles. The van der Waals surface area contributed by atoms with Gasteiger partial charge in [-0.05, 0) is 31.3 Å². The summed E-state index contributed by atoms with van der Waals surface area (Å²) in [6.07, 6.45) is 10.8. The Labute approximate surface area is 113 Å². The summed E-state index contributed by atoms with van der Waals surface area (Å²) in [6, 6.07) is 0. The highest BCUT2D eigenvalue weighted by Crippen LogP contribution is 2.31. The molecule has 0 saturated carbocycles. The summed E-state index contributed by atoms with van der Waals surface area (Å²) >= 11 is 0. The quantitative estimate of drug-likeness (QED) is 0.581. The van der Waals surface area contributed by atoms with Gasteiger partial charge in [-0.25, -0.2) is 0 Å². The molecule has 0 saturated heterocycles. The summed E-state index contributed by atoms with van der Waals surface area (Å²) in [4.78, 5) is 0. The third-order valence-corrected chi connectivity index (χ3v) is 3.75. The molecule has 1 aliphatic rings. The minimum atomic E-state index is 0.419. The van der Waals surface area contributed by atoms with Crippen LogP contribution in [-0.2, 0) is 4.74 Å². The monoisotopic (exact) mass is 250 g/mol. The molecule has 0 N–H and O–H groups in total. The fraction of sp³-hybridized carbons (Fsp3) is 0.765. The van der Waals surface area contributed by atoms with Gasteiger partial charge in [0, 0.05) is 5.92 Å². The van der Waals surface area contributed by atoms with Gasteiger partial charge in [-0.15, -0.1) is 0 Å². The average Bonchev–Trinajstić information content (AvgIpc) is 2.32. The maximum absolute atomic E-state index is 6.23. The van der Waals surface area contributed by atoms with Crippen LogP contribution in [0.1, 0.15) is 66.7 Å². The van der Waals surface area contributed by atoms with Gasteiger partial charge in [0.1, 0.15) is 0 Å². The van der Waals surface area contributed by atoms with Gasteiger partial charge in [0.05, 0.1) is 11.9 Å². The predicted octanol–water partition coefficient (Wildman–Crippen LogP) is 5.48. The van der Waals surface area contributed by atoms with Crippen molar-refractivity contribution in [2.24, 2.45) is 11.8 Å². The highest BCUT2D eigenvalue weighted by molar-refractivity contribution is 5.24. The first-order valence-corrected chi connectivity index (χ1v) is 7.65. The van der Waals surface area contributed by atoms with E-state index in [1.165, 1.54) is 31.4 Å². The molecule has 0 unspecified atom stereocenters. The molecule has 1 atom stereocenters. The van der Waals surface area contributed by atoms with E-state index in [9.17, 15) is 0 Å². The Balaban J connectivity index is 2.64. The van der Waals surface area contributed by atoms with Gasteiger partial charge in [0.2, 0.25) is 0 Å². The fourth-order valence-electron chi connectivity index (χ4n) is 2.56. The van der Waals surface area contributed by atoms with E-state index in [0.29, 0.717) is 17.9 Å².